The second kappa shape index (κ2) is 8.81. The minimum atomic E-state index is 0.420. The average Bonchev–Trinajstić information content (AvgIpc) is 2.54. The standard InChI is InChI=1S/C16H22N4O2/c1-3-4-8-18-16-15(12-19-13(2)20-16)22-10-9-21-14-6-5-7-17-11-14/h5-7,11-12H,3-4,8-10H2,1-2H3,(H,18,19,20). The molecule has 2 aromatic rings. The normalized spacial score (nSPS) is 10.3. The summed E-state index contributed by atoms with van der Waals surface area (Å²) in [6.07, 6.45) is 7.30. The quantitative estimate of drug-likeness (QED) is 0.718. The fourth-order valence-electron chi connectivity index (χ4n) is 1.82. The third-order valence-corrected chi connectivity index (χ3v) is 2.94. The van der Waals surface area contributed by atoms with Gasteiger partial charge in [0.2, 0.25) is 0 Å². The van der Waals surface area contributed by atoms with E-state index in [1.165, 1.54) is 0 Å². The predicted molar refractivity (Wildman–Crippen MR) is 85.4 cm³/mol. The molecule has 0 radical (unpaired) electrons. The molecule has 2 heterocycles. The number of nitrogens with one attached hydrogen (secondary N) is 1. The van der Waals surface area contributed by atoms with Gasteiger partial charge < -0.3 is 14.8 Å². The van der Waals surface area contributed by atoms with E-state index in [1.807, 2.05) is 19.1 Å². The number of rotatable bonds is 9. The van der Waals surface area contributed by atoms with Crippen LogP contribution in [0.3, 0.4) is 0 Å². The molecule has 0 fully saturated rings. The van der Waals surface area contributed by atoms with E-state index in [1.54, 1.807) is 18.6 Å². The van der Waals surface area contributed by atoms with Crippen LogP contribution in [0.25, 0.3) is 0 Å². The van der Waals surface area contributed by atoms with E-state index in [2.05, 4.69) is 27.2 Å². The summed E-state index contributed by atoms with van der Waals surface area (Å²) >= 11 is 0. The van der Waals surface area contributed by atoms with Crippen molar-refractivity contribution in [2.75, 3.05) is 25.1 Å². The van der Waals surface area contributed by atoms with Crippen LogP contribution < -0.4 is 14.8 Å². The van der Waals surface area contributed by atoms with Gasteiger partial charge in [-0.3, -0.25) is 4.98 Å². The highest BCUT2D eigenvalue weighted by atomic mass is 16.5. The zero-order valence-electron chi connectivity index (χ0n) is 13.1. The van der Waals surface area contributed by atoms with Crippen LogP contribution >= 0.6 is 0 Å². The fraction of sp³-hybridized carbons (Fsp3) is 0.438. The van der Waals surface area contributed by atoms with Crippen molar-refractivity contribution in [2.45, 2.75) is 26.7 Å². The van der Waals surface area contributed by atoms with Crippen LogP contribution in [-0.2, 0) is 0 Å². The third-order valence-electron chi connectivity index (χ3n) is 2.94. The number of aromatic nitrogens is 3. The Labute approximate surface area is 130 Å². The van der Waals surface area contributed by atoms with Gasteiger partial charge >= 0.3 is 0 Å². The average molecular weight is 302 g/mol. The van der Waals surface area contributed by atoms with Gasteiger partial charge in [0.25, 0.3) is 0 Å². The van der Waals surface area contributed by atoms with E-state index >= 15 is 0 Å². The van der Waals surface area contributed by atoms with Crippen LogP contribution in [0.4, 0.5) is 5.82 Å². The highest BCUT2D eigenvalue weighted by molar-refractivity contribution is 5.48. The maximum absolute atomic E-state index is 5.71. The lowest BCUT2D eigenvalue weighted by Gasteiger charge is -2.12. The van der Waals surface area contributed by atoms with Crippen molar-refractivity contribution in [2.24, 2.45) is 0 Å². The van der Waals surface area contributed by atoms with Crippen LogP contribution in [0.2, 0.25) is 0 Å². The van der Waals surface area contributed by atoms with Gasteiger partial charge in [0.1, 0.15) is 24.8 Å². The molecule has 0 saturated carbocycles. The third kappa shape index (κ3) is 5.20. The summed E-state index contributed by atoms with van der Waals surface area (Å²) in [5.41, 5.74) is 0. The summed E-state index contributed by atoms with van der Waals surface area (Å²) in [5.74, 6) is 2.84. The molecule has 0 aliphatic carbocycles. The summed E-state index contributed by atoms with van der Waals surface area (Å²) in [6, 6.07) is 3.69. The summed E-state index contributed by atoms with van der Waals surface area (Å²) in [7, 11) is 0. The zero-order chi connectivity index (χ0) is 15.6. The highest BCUT2D eigenvalue weighted by Crippen LogP contribution is 2.20. The summed E-state index contributed by atoms with van der Waals surface area (Å²) < 4.78 is 11.3. The molecule has 0 atom stereocenters. The molecule has 0 bridgehead atoms. The lowest BCUT2D eigenvalue weighted by Crippen LogP contribution is -2.12. The number of ether oxygens (including phenoxy) is 2. The Morgan fingerprint density at radius 2 is 2.05 bits per heavy atom. The first-order chi connectivity index (χ1) is 10.8. The first-order valence-corrected chi connectivity index (χ1v) is 7.52. The Bertz CT molecular complexity index is 563. The second-order valence-electron chi connectivity index (χ2n) is 4.80. The first kappa shape index (κ1) is 16.0. The highest BCUT2D eigenvalue weighted by Gasteiger charge is 2.06. The summed E-state index contributed by atoms with van der Waals surface area (Å²) in [5, 5.41) is 3.29. The van der Waals surface area contributed by atoms with Crippen molar-refractivity contribution in [3.05, 3.63) is 36.5 Å². The van der Waals surface area contributed by atoms with Crippen molar-refractivity contribution in [3.63, 3.8) is 0 Å². The van der Waals surface area contributed by atoms with E-state index in [0.717, 1.165) is 36.8 Å². The van der Waals surface area contributed by atoms with Gasteiger partial charge in [0.05, 0.1) is 12.4 Å². The predicted octanol–water partition coefficient (Wildman–Crippen LogP) is 2.85. The van der Waals surface area contributed by atoms with Gasteiger partial charge in [0, 0.05) is 12.7 Å². The molecule has 2 rings (SSSR count). The van der Waals surface area contributed by atoms with Crippen LogP contribution in [0, 0.1) is 6.92 Å². The van der Waals surface area contributed by atoms with Crippen molar-refractivity contribution >= 4 is 5.82 Å². The van der Waals surface area contributed by atoms with Crippen LogP contribution in [0.5, 0.6) is 11.5 Å². The number of hydrogen-bond acceptors (Lipinski definition) is 6. The largest absolute Gasteiger partial charge is 0.488 e. The Morgan fingerprint density at radius 3 is 2.82 bits per heavy atom. The first-order valence-electron chi connectivity index (χ1n) is 7.52. The molecule has 2 aromatic heterocycles. The van der Waals surface area contributed by atoms with Gasteiger partial charge in [-0.15, -0.1) is 0 Å². The minimum absolute atomic E-state index is 0.420. The Balaban J connectivity index is 1.83. The van der Waals surface area contributed by atoms with Gasteiger partial charge in [0.15, 0.2) is 11.6 Å². The van der Waals surface area contributed by atoms with Gasteiger partial charge in [-0.2, -0.15) is 0 Å². The van der Waals surface area contributed by atoms with E-state index in [-0.39, 0.29) is 0 Å². The van der Waals surface area contributed by atoms with E-state index in [4.69, 9.17) is 9.47 Å². The van der Waals surface area contributed by atoms with Crippen molar-refractivity contribution in [3.8, 4) is 11.5 Å². The molecule has 0 aliphatic heterocycles. The molecule has 0 unspecified atom stereocenters. The molecule has 0 amide bonds. The maximum Gasteiger partial charge on any atom is 0.180 e. The Kier molecular flexibility index (Phi) is 6.41. The Hall–Kier alpha value is -2.37. The number of pyridine rings is 1. The van der Waals surface area contributed by atoms with E-state index < -0.39 is 0 Å². The summed E-state index contributed by atoms with van der Waals surface area (Å²) in [4.78, 5) is 12.6. The lowest BCUT2D eigenvalue weighted by molar-refractivity contribution is 0.216. The van der Waals surface area contributed by atoms with Crippen LogP contribution in [-0.4, -0.2) is 34.7 Å². The molecule has 0 saturated heterocycles. The Morgan fingerprint density at radius 1 is 1.18 bits per heavy atom. The lowest BCUT2D eigenvalue weighted by atomic mass is 10.3. The molecule has 6 nitrogen and oxygen atoms in total. The summed E-state index contributed by atoms with van der Waals surface area (Å²) in [6.45, 7) is 5.74. The maximum atomic E-state index is 5.71. The number of nitrogens with zero attached hydrogens (tertiary/aromatic N) is 3. The molecular weight excluding hydrogens is 280 g/mol. The number of aryl methyl sites for hydroxylation is 1. The molecule has 0 aliphatic rings. The van der Waals surface area contributed by atoms with Gasteiger partial charge in [-0.25, -0.2) is 9.97 Å². The van der Waals surface area contributed by atoms with Crippen molar-refractivity contribution in [1.82, 2.24) is 15.0 Å². The van der Waals surface area contributed by atoms with Crippen molar-refractivity contribution in [1.29, 1.82) is 0 Å². The zero-order valence-corrected chi connectivity index (χ0v) is 13.1. The SMILES string of the molecule is CCCCNc1nc(C)ncc1OCCOc1cccnc1. The topological polar surface area (TPSA) is 69.2 Å². The molecule has 0 aromatic carbocycles. The molecule has 22 heavy (non-hydrogen) atoms. The van der Waals surface area contributed by atoms with Crippen LogP contribution in [0.15, 0.2) is 30.7 Å². The molecular formula is C16H22N4O2. The molecule has 118 valence electrons. The molecule has 0 spiro atoms. The number of anilines is 1. The van der Waals surface area contributed by atoms with Crippen molar-refractivity contribution < 1.29 is 9.47 Å². The number of unbranched alkanes of at least 4 members (excludes halogenated alkanes) is 1. The molecule has 6 heteroatoms. The smallest absolute Gasteiger partial charge is 0.180 e. The van der Waals surface area contributed by atoms with E-state index in [0.29, 0.717) is 19.0 Å². The second-order valence-corrected chi connectivity index (χ2v) is 4.80. The minimum Gasteiger partial charge on any atom is -0.488 e. The van der Waals surface area contributed by atoms with Gasteiger partial charge in [-0.1, -0.05) is 13.3 Å². The van der Waals surface area contributed by atoms with Gasteiger partial charge in [-0.05, 0) is 25.5 Å². The fourth-order valence-corrected chi connectivity index (χ4v) is 1.82. The number of hydrogen-bond donors (Lipinski definition) is 1. The van der Waals surface area contributed by atoms with Crippen LogP contribution in [0.1, 0.15) is 25.6 Å². The monoisotopic (exact) mass is 302 g/mol. The molecule has 1 N–H and O–H groups in total. The van der Waals surface area contributed by atoms with E-state index in [9.17, 15) is 0 Å².